The van der Waals surface area contributed by atoms with Crippen molar-refractivity contribution in [2.24, 2.45) is 11.8 Å². The SMILES string of the molecule is C[C@H]1C(S[C@H]2C[C@@H](C(=O)Nc3cccc(C(=O)O)c3)N(Cc3cccc(N)c3)C2)=C(C(=O)O)N2C(=O)[C@H]([C@@H](C)O)C12. The first-order valence-electron chi connectivity index (χ1n) is 13.3. The normalized spacial score (nSPS) is 26.5. The number of likely N-dealkylation sites (tertiary alicyclic amines) is 1. The van der Waals surface area contributed by atoms with E-state index in [0.717, 1.165) is 5.56 Å². The van der Waals surface area contributed by atoms with Gasteiger partial charge in [-0.05, 0) is 49.2 Å². The lowest BCUT2D eigenvalue weighted by Crippen LogP contribution is -2.63. The number of carboxylic acids is 2. The Morgan fingerprint density at radius 2 is 1.85 bits per heavy atom. The molecule has 2 aromatic carbocycles. The molecule has 3 aliphatic rings. The van der Waals surface area contributed by atoms with Crippen LogP contribution in [0, 0.1) is 11.8 Å². The van der Waals surface area contributed by atoms with Crippen molar-refractivity contribution in [3.05, 3.63) is 70.3 Å². The second-order valence-corrected chi connectivity index (χ2v) is 12.2. The molecular weight excluding hydrogens is 548 g/mol. The summed E-state index contributed by atoms with van der Waals surface area (Å²) in [5, 5.41) is 32.2. The smallest absolute Gasteiger partial charge is 0.353 e. The van der Waals surface area contributed by atoms with Crippen LogP contribution in [0.25, 0.3) is 0 Å². The van der Waals surface area contributed by atoms with Crippen LogP contribution in [-0.4, -0.2) is 78.9 Å². The van der Waals surface area contributed by atoms with E-state index in [2.05, 4.69) is 5.32 Å². The van der Waals surface area contributed by atoms with Crippen LogP contribution in [0.5, 0.6) is 0 Å². The fourth-order valence-electron chi connectivity index (χ4n) is 6.13. The number of aliphatic hydroxyl groups excluding tert-OH is 1. The van der Waals surface area contributed by atoms with Crippen LogP contribution in [0.2, 0.25) is 0 Å². The molecule has 0 aromatic heterocycles. The first-order chi connectivity index (χ1) is 19.5. The van der Waals surface area contributed by atoms with Gasteiger partial charge in [0.2, 0.25) is 11.8 Å². The zero-order chi connectivity index (χ0) is 29.6. The van der Waals surface area contributed by atoms with Gasteiger partial charge in [-0.2, -0.15) is 0 Å². The van der Waals surface area contributed by atoms with Crippen LogP contribution in [0.4, 0.5) is 11.4 Å². The van der Waals surface area contributed by atoms with E-state index in [4.69, 9.17) is 5.73 Å². The minimum Gasteiger partial charge on any atom is -0.478 e. The molecule has 0 bridgehead atoms. The van der Waals surface area contributed by atoms with Gasteiger partial charge in [0.15, 0.2) is 0 Å². The number of rotatable bonds is 9. The number of aromatic carboxylic acids is 1. The third kappa shape index (κ3) is 5.42. The van der Waals surface area contributed by atoms with E-state index in [9.17, 15) is 34.5 Å². The van der Waals surface area contributed by atoms with Crippen molar-refractivity contribution in [2.45, 2.75) is 50.3 Å². The molecule has 2 aromatic rings. The molecule has 0 saturated carbocycles. The Hall–Kier alpha value is -3.87. The molecule has 0 aliphatic carbocycles. The number of nitrogen functional groups attached to an aromatic ring is 1. The van der Waals surface area contributed by atoms with E-state index >= 15 is 0 Å². The van der Waals surface area contributed by atoms with Crippen LogP contribution in [0.3, 0.4) is 0 Å². The van der Waals surface area contributed by atoms with Gasteiger partial charge in [0.05, 0.1) is 29.7 Å². The average Bonchev–Trinajstić information content (AvgIpc) is 3.40. The van der Waals surface area contributed by atoms with Crippen LogP contribution in [0.15, 0.2) is 59.1 Å². The Morgan fingerprint density at radius 3 is 2.51 bits per heavy atom. The Labute approximate surface area is 241 Å². The third-order valence-electron chi connectivity index (χ3n) is 7.99. The number of nitrogens with zero attached hydrogens (tertiary/aromatic N) is 2. The van der Waals surface area contributed by atoms with E-state index < -0.39 is 36.0 Å². The van der Waals surface area contributed by atoms with Crippen molar-refractivity contribution in [3.8, 4) is 0 Å². The Balaban J connectivity index is 1.39. The quantitative estimate of drug-likeness (QED) is 0.219. The number of anilines is 2. The van der Waals surface area contributed by atoms with Gasteiger partial charge in [-0.1, -0.05) is 25.1 Å². The highest BCUT2D eigenvalue weighted by molar-refractivity contribution is 8.03. The van der Waals surface area contributed by atoms with Crippen LogP contribution in [-0.2, 0) is 20.9 Å². The summed E-state index contributed by atoms with van der Waals surface area (Å²) in [5.41, 5.74) is 7.85. The molecule has 5 rings (SSSR count). The number of aliphatic hydroxyl groups is 1. The molecule has 3 heterocycles. The number of hydrogen-bond donors (Lipinski definition) is 5. The molecule has 41 heavy (non-hydrogen) atoms. The molecule has 1 unspecified atom stereocenters. The number of fused-ring (bicyclic) bond motifs is 1. The maximum atomic E-state index is 13.5. The number of carbonyl (C=O) groups is 4. The fourth-order valence-corrected chi connectivity index (χ4v) is 7.69. The Morgan fingerprint density at radius 1 is 1.12 bits per heavy atom. The molecule has 2 saturated heterocycles. The van der Waals surface area contributed by atoms with E-state index in [1.807, 2.05) is 30.0 Å². The molecule has 0 spiro atoms. The van der Waals surface area contributed by atoms with Gasteiger partial charge >= 0.3 is 11.9 Å². The highest BCUT2D eigenvalue weighted by Crippen LogP contribution is 2.52. The number of hydrogen-bond acceptors (Lipinski definition) is 8. The van der Waals surface area contributed by atoms with Crippen molar-refractivity contribution in [1.82, 2.24) is 9.80 Å². The molecule has 216 valence electrons. The third-order valence-corrected chi connectivity index (χ3v) is 9.48. The Kier molecular flexibility index (Phi) is 7.82. The largest absolute Gasteiger partial charge is 0.478 e. The number of carboxylic acid groups (broad SMARTS) is 2. The molecule has 11 nitrogen and oxygen atoms in total. The van der Waals surface area contributed by atoms with E-state index in [1.54, 1.807) is 25.1 Å². The topological polar surface area (TPSA) is 173 Å². The lowest BCUT2D eigenvalue weighted by Gasteiger charge is -2.46. The number of β-lactam (4-membered cyclic amide) rings is 1. The summed E-state index contributed by atoms with van der Waals surface area (Å²) < 4.78 is 0. The molecule has 12 heteroatoms. The maximum absolute atomic E-state index is 13.5. The second-order valence-electron chi connectivity index (χ2n) is 10.8. The van der Waals surface area contributed by atoms with Crippen molar-refractivity contribution in [2.75, 3.05) is 17.6 Å². The highest BCUT2D eigenvalue weighted by atomic mass is 32.2. The predicted octanol–water partition coefficient (Wildman–Crippen LogP) is 2.44. The number of aliphatic carboxylic acids is 1. The summed E-state index contributed by atoms with van der Waals surface area (Å²) in [7, 11) is 0. The number of nitrogens with one attached hydrogen (secondary N) is 1. The number of carbonyl (C=O) groups excluding carboxylic acids is 2. The zero-order valence-electron chi connectivity index (χ0n) is 22.6. The van der Waals surface area contributed by atoms with E-state index in [1.165, 1.54) is 28.8 Å². The lowest BCUT2D eigenvalue weighted by molar-refractivity contribution is -0.163. The van der Waals surface area contributed by atoms with Gasteiger partial charge in [0.1, 0.15) is 5.70 Å². The monoisotopic (exact) mass is 580 g/mol. The van der Waals surface area contributed by atoms with Crippen LogP contribution >= 0.6 is 11.8 Å². The molecular formula is C29H32N4O7S. The molecule has 0 radical (unpaired) electrons. The standard InChI is InChI=1S/C29H32N4O7S/c1-14-23-22(15(2)34)27(36)33(23)24(29(39)40)25(14)41-20-11-21(32(13-20)12-16-5-3-7-18(30)9-16)26(35)31-19-8-4-6-17(10-19)28(37)38/h3-10,14-15,20-23,34H,11-13,30H2,1-2H3,(H,31,35)(H,37,38)(H,39,40)/t14-,15-,20+,21+,22-,23?/m1/s1. The summed E-state index contributed by atoms with van der Waals surface area (Å²) in [6.45, 7) is 4.30. The zero-order valence-corrected chi connectivity index (χ0v) is 23.4. The summed E-state index contributed by atoms with van der Waals surface area (Å²) in [6.07, 6.45) is -0.488. The van der Waals surface area contributed by atoms with Crippen molar-refractivity contribution in [3.63, 3.8) is 0 Å². The van der Waals surface area contributed by atoms with Gasteiger partial charge in [0.25, 0.3) is 0 Å². The maximum Gasteiger partial charge on any atom is 0.353 e. The van der Waals surface area contributed by atoms with Crippen molar-refractivity contribution in [1.29, 1.82) is 0 Å². The van der Waals surface area contributed by atoms with Crippen molar-refractivity contribution < 1.29 is 34.5 Å². The minimum absolute atomic E-state index is 0.0461. The first-order valence-corrected chi connectivity index (χ1v) is 14.2. The first kappa shape index (κ1) is 28.7. The number of amides is 2. The Bertz CT molecular complexity index is 1440. The molecule has 2 amide bonds. The van der Waals surface area contributed by atoms with Gasteiger partial charge < -0.3 is 31.3 Å². The molecule has 6 atom stereocenters. The second kappa shape index (κ2) is 11.2. The average molecular weight is 581 g/mol. The molecule has 6 N–H and O–H groups in total. The summed E-state index contributed by atoms with van der Waals surface area (Å²) in [6, 6.07) is 12.4. The minimum atomic E-state index is -1.19. The highest BCUT2D eigenvalue weighted by Gasteiger charge is 2.60. The lowest BCUT2D eigenvalue weighted by atomic mass is 9.79. The van der Waals surface area contributed by atoms with Crippen LogP contribution < -0.4 is 11.1 Å². The van der Waals surface area contributed by atoms with Gasteiger partial charge in [0, 0.05) is 40.5 Å². The van der Waals surface area contributed by atoms with Crippen molar-refractivity contribution >= 4 is 46.9 Å². The summed E-state index contributed by atoms with van der Waals surface area (Å²) in [5.74, 6) is -3.92. The van der Waals surface area contributed by atoms with E-state index in [-0.39, 0.29) is 34.2 Å². The van der Waals surface area contributed by atoms with Gasteiger partial charge in [-0.25, -0.2) is 9.59 Å². The predicted molar refractivity (Wildman–Crippen MR) is 153 cm³/mol. The van der Waals surface area contributed by atoms with Gasteiger partial charge in [-0.3, -0.25) is 14.5 Å². The summed E-state index contributed by atoms with van der Waals surface area (Å²) >= 11 is 1.37. The van der Waals surface area contributed by atoms with Crippen LogP contribution in [0.1, 0.15) is 36.2 Å². The molecule has 3 aliphatic heterocycles. The number of thioether (sulfide) groups is 1. The number of benzene rings is 2. The molecule has 2 fully saturated rings. The van der Waals surface area contributed by atoms with Gasteiger partial charge in [-0.15, -0.1) is 11.8 Å². The number of nitrogens with two attached hydrogens (primary N) is 1. The summed E-state index contributed by atoms with van der Waals surface area (Å²) in [4.78, 5) is 53.8. The fraction of sp³-hybridized carbons (Fsp3) is 0.379. The van der Waals surface area contributed by atoms with E-state index in [0.29, 0.717) is 35.8 Å².